The molecular formula is C20H16F5N3O3S. The summed E-state index contributed by atoms with van der Waals surface area (Å²) in [6.45, 7) is 0.926. The van der Waals surface area contributed by atoms with Gasteiger partial charge in [0.1, 0.15) is 10.8 Å². The maximum atomic E-state index is 14.2. The summed E-state index contributed by atoms with van der Waals surface area (Å²) in [5.74, 6) is -5.33. The van der Waals surface area contributed by atoms with Crippen LogP contribution < -0.4 is 10.1 Å². The average molecular weight is 473 g/mol. The number of hydrogen-bond donors (Lipinski definition) is 1. The monoisotopic (exact) mass is 473 g/mol. The molecule has 0 aliphatic carbocycles. The molecule has 1 fully saturated rings. The second-order valence-corrected chi connectivity index (χ2v) is 8.88. The van der Waals surface area contributed by atoms with E-state index >= 15 is 0 Å². The van der Waals surface area contributed by atoms with Crippen molar-refractivity contribution < 1.29 is 36.7 Å². The van der Waals surface area contributed by atoms with Crippen molar-refractivity contribution in [3.05, 3.63) is 58.7 Å². The molecule has 12 heteroatoms. The number of methoxy groups -OCH3 is 1. The van der Waals surface area contributed by atoms with Crippen LogP contribution in [0, 0.1) is 23.0 Å². The summed E-state index contributed by atoms with van der Waals surface area (Å²) in [6, 6.07) is 5.79. The first kappa shape index (κ1) is 23.6. The van der Waals surface area contributed by atoms with Crippen molar-refractivity contribution in [1.29, 1.82) is 5.26 Å². The van der Waals surface area contributed by atoms with Gasteiger partial charge in [-0.05, 0) is 25.5 Å². The van der Waals surface area contributed by atoms with Crippen molar-refractivity contribution in [3.63, 3.8) is 0 Å². The van der Waals surface area contributed by atoms with Gasteiger partial charge in [0.15, 0.2) is 17.3 Å². The molecule has 1 aromatic heterocycles. The zero-order valence-corrected chi connectivity index (χ0v) is 17.5. The third-order valence-electron chi connectivity index (χ3n) is 5.16. The fourth-order valence-electron chi connectivity index (χ4n) is 3.49. The highest BCUT2D eigenvalue weighted by Crippen LogP contribution is 2.59. The number of thioether (sulfide) groups is 1. The zero-order valence-electron chi connectivity index (χ0n) is 16.7. The fraction of sp³-hybridized carbons (Fsp3) is 0.350. The predicted molar refractivity (Wildman–Crippen MR) is 103 cm³/mol. The molecule has 1 N–H and O–H groups in total. The molecule has 0 unspecified atom stereocenters. The van der Waals surface area contributed by atoms with Crippen molar-refractivity contribution in [2.45, 2.75) is 35.4 Å². The number of nitrogens with zero attached hydrogens (tertiary/aromatic N) is 3. The lowest BCUT2D eigenvalue weighted by Crippen LogP contribution is -2.37. The summed E-state index contributed by atoms with van der Waals surface area (Å²) in [7, 11) is 1.05. The highest BCUT2D eigenvalue weighted by molar-refractivity contribution is 8.02. The second-order valence-electron chi connectivity index (χ2n) is 7.24. The molecule has 3 rings (SSSR count). The van der Waals surface area contributed by atoms with Crippen molar-refractivity contribution in [2.75, 3.05) is 7.11 Å². The summed E-state index contributed by atoms with van der Waals surface area (Å²) in [6.07, 6.45) is -4.24. The van der Waals surface area contributed by atoms with E-state index in [4.69, 9.17) is 10.00 Å². The van der Waals surface area contributed by atoms with E-state index in [0.29, 0.717) is 16.5 Å². The van der Waals surface area contributed by atoms with Gasteiger partial charge in [0.05, 0.1) is 17.7 Å². The first-order valence-corrected chi connectivity index (χ1v) is 9.97. The third kappa shape index (κ3) is 4.17. The lowest BCUT2D eigenvalue weighted by molar-refractivity contribution is -0.155. The number of aromatic nitrogens is 1. The van der Waals surface area contributed by atoms with Gasteiger partial charge in [-0.3, -0.25) is 4.79 Å². The van der Waals surface area contributed by atoms with Crippen LogP contribution in [-0.4, -0.2) is 39.1 Å². The summed E-state index contributed by atoms with van der Waals surface area (Å²) in [5.41, 5.74) is -0.337. The van der Waals surface area contributed by atoms with Gasteiger partial charge in [-0.2, -0.15) is 27.6 Å². The third-order valence-corrected chi connectivity index (χ3v) is 6.86. The summed E-state index contributed by atoms with van der Waals surface area (Å²) in [4.78, 5) is 16.7. The van der Waals surface area contributed by atoms with E-state index < -0.39 is 51.8 Å². The Kier molecular flexibility index (Phi) is 6.24. The smallest absolute Gasteiger partial charge is 0.403 e. The van der Waals surface area contributed by atoms with Crippen LogP contribution in [-0.2, 0) is 4.79 Å². The maximum Gasteiger partial charge on any atom is 0.403 e. The zero-order chi connectivity index (χ0) is 23.8. The second kappa shape index (κ2) is 8.46. The van der Waals surface area contributed by atoms with Crippen LogP contribution in [0.15, 0.2) is 35.5 Å². The highest BCUT2D eigenvalue weighted by Gasteiger charge is 2.60. The van der Waals surface area contributed by atoms with Crippen molar-refractivity contribution in [1.82, 2.24) is 4.73 Å². The highest BCUT2D eigenvalue weighted by atomic mass is 32.2. The Hall–Kier alpha value is -3.07. The van der Waals surface area contributed by atoms with Gasteiger partial charge in [0.2, 0.25) is 5.82 Å². The average Bonchev–Trinajstić information content (AvgIpc) is 3.10. The minimum Gasteiger partial charge on any atom is -0.493 e. The van der Waals surface area contributed by atoms with E-state index in [2.05, 4.69) is 4.99 Å². The number of halogens is 5. The number of carbonyl (C=O) groups excluding carboxylic acids is 1. The first-order valence-electron chi connectivity index (χ1n) is 9.09. The van der Waals surface area contributed by atoms with Gasteiger partial charge in [0.25, 0.3) is 5.91 Å². The van der Waals surface area contributed by atoms with Crippen molar-refractivity contribution in [3.8, 4) is 11.8 Å². The maximum absolute atomic E-state index is 14.2. The van der Waals surface area contributed by atoms with E-state index in [1.54, 1.807) is 6.07 Å². The molecule has 0 spiro atoms. The van der Waals surface area contributed by atoms with Crippen LogP contribution >= 0.6 is 11.8 Å². The van der Waals surface area contributed by atoms with E-state index in [0.717, 1.165) is 38.4 Å². The topological polar surface area (TPSA) is 87.6 Å². The number of ether oxygens (including phenoxy) is 1. The van der Waals surface area contributed by atoms with E-state index in [1.165, 1.54) is 6.07 Å². The van der Waals surface area contributed by atoms with Crippen molar-refractivity contribution in [2.24, 2.45) is 4.99 Å². The fourth-order valence-corrected chi connectivity index (χ4v) is 5.02. The van der Waals surface area contributed by atoms with E-state index in [1.807, 2.05) is 0 Å². The minimum absolute atomic E-state index is 0.0611. The van der Waals surface area contributed by atoms with Gasteiger partial charge in [-0.1, -0.05) is 6.07 Å². The molecule has 0 bridgehead atoms. The molecule has 32 heavy (non-hydrogen) atoms. The molecule has 1 amide bonds. The number of nitriles is 1. The van der Waals surface area contributed by atoms with Gasteiger partial charge >= 0.3 is 6.18 Å². The van der Waals surface area contributed by atoms with Crippen LogP contribution in [0.2, 0.25) is 0 Å². The van der Waals surface area contributed by atoms with Crippen LogP contribution in [0.25, 0.3) is 0 Å². The van der Waals surface area contributed by atoms with Crippen molar-refractivity contribution >= 4 is 17.7 Å². The number of pyridine rings is 1. The Morgan fingerprint density at radius 2 is 2.06 bits per heavy atom. The Morgan fingerprint density at radius 3 is 2.66 bits per heavy atom. The van der Waals surface area contributed by atoms with Gasteiger partial charge in [-0.25, -0.2) is 9.38 Å². The molecule has 2 heterocycles. The normalized spacial score (nSPS) is 23.8. The number of amides is 1. The number of benzene rings is 1. The minimum atomic E-state index is -4.69. The Balaban J connectivity index is 2.11. The van der Waals surface area contributed by atoms with Gasteiger partial charge in [-0.15, -0.1) is 11.8 Å². The molecule has 1 aliphatic heterocycles. The molecular weight excluding hydrogens is 457 g/mol. The number of carbonyl (C=O) groups is 1. The lowest BCUT2D eigenvalue weighted by Gasteiger charge is -2.26. The number of hydrogen-bond acceptors (Lipinski definition) is 5. The number of rotatable bonds is 3. The number of alkyl halides is 3. The van der Waals surface area contributed by atoms with Gasteiger partial charge in [0, 0.05) is 23.7 Å². The quantitative estimate of drug-likeness (QED) is 0.539. The van der Waals surface area contributed by atoms with E-state index in [-0.39, 0.29) is 16.6 Å². The summed E-state index contributed by atoms with van der Waals surface area (Å²) >= 11 is 0.333. The molecule has 0 saturated carbocycles. The van der Waals surface area contributed by atoms with Crippen LogP contribution in [0.1, 0.15) is 30.5 Å². The predicted octanol–water partition coefficient (Wildman–Crippen LogP) is 3.92. The lowest BCUT2D eigenvalue weighted by atomic mass is 9.86. The molecule has 0 radical (unpaired) electrons. The van der Waals surface area contributed by atoms with Gasteiger partial charge < -0.3 is 9.94 Å². The summed E-state index contributed by atoms with van der Waals surface area (Å²) in [5, 5.41) is 17.0. The largest absolute Gasteiger partial charge is 0.493 e. The molecule has 3 atom stereocenters. The molecule has 6 nitrogen and oxygen atoms in total. The van der Waals surface area contributed by atoms with Crippen LogP contribution in [0.3, 0.4) is 0 Å². The Bertz CT molecular complexity index is 1170. The van der Waals surface area contributed by atoms with Crippen LogP contribution in [0.4, 0.5) is 22.0 Å². The summed E-state index contributed by atoms with van der Waals surface area (Å²) < 4.78 is 72.2. The van der Waals surface area contributed by atoms with Crippen LogP contribution in [0.5, 0.6) is 5.75 Å². The Morgan fingerprint density at radius 1 is 1.38 bits per heavy atom. The molecule has 1 saturated heterocycles. The van der Waals surface area contributed by atoms with E-state index in [9.17, 15) is 32.0 Å². The molecule has 2 aromatic rings. The molecule has 170 valence electrons. The molecule has 1 aliphatic rings. The standard InChI is InChI=1S/C20H16F5N3O3S/c1-19(20(23,24)25)8-13(12-3-4-14(21)15(22)16(12)31-2)17(32-19)18(29)27-10-5-6-28(30)11(7-10)9-26/h3-7,13,17,30H,8H2,1-2H3/t13-,17+,19+/m0/s1. The SMILES string of the molecule is COc1c([C@@H]2C[C@](C)(C(F)(F)F)S[C@H]2C(=O)N=c2ccn(O)c(C#N)c2)ccc(F)c1F. The first-order chi connectivity index (χ1) is 14.9. The molecule has 1 aromatic carbocycles. The Labute approximate surface area is 182 Å².